The lowest BCUT2D eigenvalue weighted by Gasteiger charge is -2.36. The molecule has 228 valence electrons. The highest BCUT2D eigenvalue weighted by Crippen LogP contribution is 2.35. The number of alkyl halides is 3. The number of nitrogens with zero attached hydrogens (tertiary/aromatic N) is 5. The first kappa shape index (κ1) is 29.6. The number of carbonyl (C=O) groups excluding carboxylic acids is 1. The molecule has 1 amide bonds. The van der Waals surface area contributed by atoms with Crippen molar-refractivity contribution in [1.82, 2.24) is 24.5 Å². The van der Waals surface area contributed by atoms with Crippen molar-refractivity contribution in [2.75, 3.05) is 36.5 Å². The van der Waals surface area contributed by atoms with E-state index in [0.29, 0.717) is 56.5 Å². The predicted octanol–water partition coefficient (Wildman–Crippen LogP) is 4.36. The Morgan fingerprint density at radius 1 is 1.30 bits per heavy atom. The molecular formula is C28H29ClF3N7O3S. The molecule has 10 nitrogen and oxygen atoms in total. The fourth-order valence-corrected chi connectivity index (χ4v) is 6.87. The first-order valence-corrected chi connectivity index (χ1v) is 15.1. The highest BCUT2D eigenvalue weighted by molar-refractivity contribution is 7.15. The topological polar surface area (TPSA) is 106 Å². The van der Waals surface area contributed by atoms with Crippen molar-refractivity contribution in [2.45, 2.75) is 52.1 Å². The van der Waals surface area contributed by atoms with Crippen LogP contribution in [-0.2, 0) is 41.7 Å². The lowest BCUT2D eigenvalue weighted by molar-refractivity contribution is -0.137. The number of nitrogens with one attached hydrogen (secondary N) is 2. The molecule has 1 atom stereocenters. The quantitative estimate of drug-likeness (QED) is 0.324. The Balaban J connectivity index is 1.44. The molecule has 4 aromatic rings. The predicted molar refractivity (Wildman–Crippen MR) is 158 cm³/mol. The van der Waals surface area contributed by atoms with E-state index in [1.165, 1.54) is 15.9 Å². The summed E-state index contributed by atoms with van der Waals surface area (Å²) in [5.74, 6) is 0.0122. The van der Waals surface area contributed by atoms with Crippen LogP contribution in [0.4, 0.5) is 24.5 Å². The molecule has 43 heavy (non-hydrogen) atoms. The first-order valence-electron chi connectivity index (χ1n) is 13.9. The standard InChI is InChI=1S/C28H29ClF3N7O3S/c1-3-20-24(37-8-7-33-12-15(37)2)26(41)39-27(35-25(36-39)21-10-16-6-9-42-14-22(16)43-21)38(20)13-23(40)34-19-5-4-17(11-18(19)29)28(30,31)32/h4-5,10-11,15,33H,3,6-9,12-14H2,1-2H3,(H,34,40)/t15-/m1/s1. The normalized spacial score (nSPS) is 17.3. The third-order valence-corrected chi connectivity index (χ3v) is 9.15. The minimum absolute atomic E-state index is 0.00411. The summed E-state index contributed by atoms with van der Waals surface area (Å²) in [7, 11) is 0. The van der Waals surface area contributed by atoms with Crippen LogP contribution in [-0.4, -0.2) is 57.4 Å². The summed E-state index contributed by atoms with van der Waals surface area (Å²) in [6.45, 7) is 6.74. The minimum atomic E-state index is -4.57. The van der Waals surface area contributed by atoms with Crippen molar-refractivity contribution in [3.8, 4) is 10.7 Å². The average Bonchev–Trinajstić information content (AvgIpc) is 3.61. The Morgan fingerprint density at radius 3 is 2.81 bits per heavy atom. The number of anilines is 2. The summed E-state index contributed by atoms with van der Waals surface area (Å²) < 4.78 is 47.8. The second kappa shape index (κ2) is 11.6. The molecule has 3 aromatic heterocycles. The highest BCUT2D eigenvalue weighted by Gasteiger charge is 2.32. The van der Waals surface area contributed by atoms with Gasteiger partial charge in [-0.15, -0.1) is 16.4 Å². The van der Waals surface area contributed by atoms with Gasteiger partial charge in [-0.25, -0.2) is 0 Å². The lowest BCUT2D eigenvalue weighted by Crippen LogP contribution is -2.52. The Labute approximate surface area is 253 Å². The first-order chi connectivity index (χ1) is 20.5. The average molecular weight is 636 g/mol. The number of fused-ring (bicyclic) bond motifs is 2. The fraction of sp³-hybridized carbons (Fsp3) is 0.429. The number of amides is 1. The number of rotatable bonds is 6. The van der Waals surface area contributed by atoms with Gasteiger partial charge >= 0.3 is 6.18 Å². The van der Waals surface area contributed by atoms with Crippen LogP contribution < -0.4 is 21.1 Å². The van der Waals surface area contributed by atoms with E-state index in [0.717, 1.165) is 39.9 Å². The molecule has 0 radical (unpaired) electrons. The Hall–Kier alpha value is -3.46. The van der Waals surface area contributed by atoms with Crippen molar-refractivity contribution in [1.29, 1.82) is 0 Å². The number of ether oxygens (including phenoxy) is 1. The largest absolute Gasteiger partial charge is 0.416 e. The molecule has 15 heteroatoms. The second-order valence-corrected chi connectivity index (χ2v) is 12.1. The number of aromatic nitrogens is 4. The number of benzene rings is 1. The van der Waals surface area contributed by atoms with Gasteiger partial charge in [-0.05, 0) is 49.6 Å². The molecule has 1 aromatic carbocycles. The molecule has 1 fully saturated rings. The van der Waals surface area contributed by atoms with Crippen LogP contribution in [0.3, 0.4) is 0 Å². The Bertz CT molecular complexity index is 1740. The van der Waals surface area contributed by atoms with E-state index >= 15 is 0 Å². The van der Waals surface area contributed by atoms with Crippen LogP contribution in [0.5, 0.6) is 0 Å². The van der Waals surface area contributed by atoms with Crippen molar-refractivity contribution >= 4 is 46.0 Å². The Kier molecular flexibility index (Phi) is 7.96. The molecule has 0 spiro atoms. The van der Waals surface area contributed by atoms with Crippen LogP contribution >= 0.6 is 22.9 Å². The van der Waals surface area contributed by atoms with Gasteiger partial charge in [0.15, 0.2) is 5.82 Å². The number of hydrogen-bond acceptors (Lipinski definition) is 8. The molecule has 2 aliphatic rings. The maximum atomic E-state index is 14.0. The zero-order valence-electron chi connectivity index (χ0n) is 23.4. The summed E-state index contributed by atoms with van der Waals surface area (Å²) in [4.78, 5) is 36.1. The molecule has 0 unspecified atom stereocenters. The third-order valence-electron chi connectivity index (χ3n) is 7.69. The van der Waals surface area contributed by atoms with Crippen LogP contribution in [0, 0.1) is 0 Å². The van der Waals surface area contributed by atoms with Gasteiger partial charge in [0.1, 0.15) is 12.2 Å². The number of piperazine rings is 1. The highest BCUT2D eigenvalue weighted by atomic mass is 35.5. The molecule has 0 bridgehead atoms. The van der Waals surface area contributed by atoms with Crippen LogP contribution in [0.15, 0.2) is 29.1 Å². The smallest absolute Gasteiger partial charge is 0.376 e. The van der Waals surface area contributed by atoms with Gasteiger partial charge in [-0.2, -0.15) is 22.7 Å². The van der Waals surface area contributed by atoms with E-state index < -0.39 is 17.6 Å². The number of carbonyl (C=O) groups is 1. The maximum absolute atomic E-state index is 14.0. The number of thiophene rings is 1. The van der Waals surface area contributed by atoms with Crippen molar-refractivity contribution in [2.24, 2.45) is 0 Å². The summed E-state index contributed by atoms with van der Waals surface area (Å²) >= 11 is 7.62. The van der Waals surface area contributed by atoms with Crippen LogP contribution in [0.1, 0.15) is 35.5 Å². The van der Waals surface area contributed by atoms with E-state index in [1.54, 1.807) is 4.57 Å². The molecule has 1 saturated heterocycles. The third kappa shape index (κ3) is 5.64. The monoisotopic (exact) mass is 635 g/mol. The van der Waals surface area contributed by atoms with Gasteiger partial charge in [0, 0.05) is 30.6 Å². The molecule has 2 aliphatic heterocycles. The summed E-state index contributed by atoms with van der Waals surface area (Å²) in [6, 6.07) is 4.77. The molecule has 0 saturated carbocycles. The molecule has 5 heterocycles. The van der Waals surface area contributed by atoms with E-state index in [2.05, 4.69) is 15.7 Å². The second-order valence-electron chi connectivity index (χ2n) is 10.5. The van der Waals surface area contributed by atoms with Gasteiger partial charge in [0.2, 0.25) is 11.7 Å². The summed E-state index contributed by atoms with van der Waals surface area (Å²) in [5, 5.41) is 10.3. The van der Waals surface area contributed by atoms with E-state index in [-0.39, 0.29) is 34.6 Å². The summed E-state index contributed by atoms with van der Waals surface area (Å²) in [5.41, 5.74) is 1.01. The fourth-order valence-electron chi connectivity index (χ4n) is 5.56. The zero-order valence-corrected chi connectivity index (χ0v) is 25.0. The van der Waals surface area contributed by atoms with Crippen molar-refractivity contribution in [3.05, 3.63) is 61.3 Å². The van der Waals surface area contributed by atoms with Crippen molar-refractivity contribution < 1.29 is 22.7 Å². The van der Waals surface area contributed by atoms with E-state index in [9.17, 15) is 22.8 Å². The molecule has 6 rings (SSSR count). The number of halogens is 4. The lowest BCUT2D eigenvalue weighted by atomic mass is 10.1. The Morgan fingerprint density at radius 2 is 2.12 bits per heavy atom. The van der Waals surface area contributed by atoms with Gasteiger partial charge in [0.05, 0.1) is 40.1 Å². The van der Waals surface area contributed by atoms with Crippen LogP contribution in [0.2, 0.25) is 5.02 Å². The van der Waals surface area contributed by atoms with Crippen LogP contribution in [0.25, 0.3) is 16.5 Å². The summed E-state index contributed by atoms with van der Waals surface area (Å²) in [6.07, 6.45) is -3.37. The minimum Gasteiger partial charge on any atom is -0.376 e. The van der Waals surface area contributed by atoms with E-state index in [4.69, 9.17) is 21.3 Å². The molecular weight excluding hydrogens is 607 g/mol. The number of hydrogen-bond donors (Lipinski definition) is 2. The zero-order chi connectivity index (χ0) is 30.5. The van der Waals surface area contributed by atoms with Gasteiger partial charge in [-0.1, -0.05) is 18.5 Å². The molecule has 0 aliphatic carbocycles. The van der Waals surface area contributed by atoms with Gasteiger partial charge < -0.3 is 24.8 Å². The maximum Gasteiger partial charge on any atom is 0.416 e. The van der Waals surface area contributed by atoms with Crippen molar-refractivity contribution in [3.63, 3.8) is 0 Å². The SMILES string of the molecule is CCc1c(N2CCNC[C@H]2C)c(=O)n2nc(-c3cc4c(s3)COCC4)nc2n1CC(=O)Nc1ccc(C(F)(F)F)cc1Cl. The van der Waals surface area contributed by atoms with E-state index in [1.807, 2.05) is 24.8 Å². The molecule has 2 N–H and O–H groups in total. The van der Waals surface area contributed by atoms with Gasteiger partial charge in [-0.3, -0.25) is 9.59 Å². The van der Waals surface area contributed by atoms with Gasteiger partial charge in [0.25, 0.3) is 5.56 Å².